The zero-order chi connectivity index (χ0) is 20.1. The number of hydrogen-bond donors (Lipinski definition) is 2. The van der Waals surface area contributed by atoms with E-state index in [-0.39, 0.29) is 17.2 Å². The molecule has 27 heavy (non-hydrogen) atoms. The average Bonchev–Trinajstić information content (AvgIpc) is 3.42. The second-order valence-electron chi connectivity index (χ2n) is 8.99. The molecule has 0 spiro atoms. The van der Waals surface area contributed by atoms with Gasteiger partial charge in [-0.3, -0.25) is 0 Å². The van der Waals surface area contributed by atoms with E-state index in [0.717, 1.165) is 5.56 Å². The van der Waals surface area contributed by atoms with Gasteiger partial charge in [0, 0.05) is 13.0 Å². The highest BCUT2D eigenvalue weighted by Crippen LogP contribution is 2.39. The fraction of sp³-hybridized carbons (Fsp3) is 0.714. The van der Waals surface area contributed by atoms with E-state index in [1.807, 2.05) is 30.3 Å². The lowest BCUT2D eigenvalue weighted by molar-refractivity contribution is -0.0308. The van der Waals surface area contributed by atoms with E-state index < -0.39 is 20.5 Å². The van der Waals surface area contributed by atoms with Crippen molar-refractivity contribution in [3.63, 3.8) is 0 Å². The molecule has 0 aliphatic carbocycles. The first-order valence-electron chi connectivity index (χ1n) is 9.87. The van der Waals surface area contributed by atoms with Crippen LogP contribution >= 0.6 is 0 Å². The van der Waals surface area contributed by atoms with Gasteiger partial charge in [0.15, 0.2) is 8.32 Å². The summed E-state index contributed by atoms with van der Waals surface area (Å²) in [5, 5.41) is 20.9. The maximum absolute atomic E-state index is 10.5. The molecule has 4 atom stereocenters. The normalized spacial score (nSPS) is 20.9. The van der Waals surface area contributed by atoms with Gasteiger partial charge in [0.1, 0.15) is 6.10 Å². The number of benzene rings is 1. The van der Waals surface area contributed by atoms with Gasteiger partial charge < -0.3 is 24.1 Å². The number of rotatable bonds is 11. The highest BCUT2D eigenvalue weighted by atomic mass is 28.4. The molecule has 1 aliphatic heterocycles. The first kappa shape index (κ1) is 22.5. The number of hydrogen-bond acceptors (Lipinski definition) is 5. The summed E-state index contributed by atoms with van der Waals surface area (Å²) >= 11 is 0. The minimum atomic E-state index is -1.96. The molecule has 154 valence electrons. The Morgan fingerprint density at radius 3 is 2.33 bits per heavy atom. The van der Waals surface area contributed by atoms with Gasteiger partial charge >= 0.3 is 0 Å². The largest absolute Gasteiger partial charge is 0.411 e. The van der Waals surface area contributed by atoms with E-state index >= 15 is 0 Å². The molecule has 2 rings (SSSR count). The standard InChI is InChI=1S/C21H36O5Si/c1-21(2,3)27(4,5)26-19(20-15-25-20)13-18(23)17(22)11-12-24-14-16-9-7-6-8-10-16/h6-10,17-20,22-23H,11-15H2,1-5H3/t17-,18-,19-,20-/m0/s1. The third-order valence-electron chi connectivity index (χ3n) is 5.61. The summed E-state index contributed by atoms with van der Waals surface area (Å²) < 4.78 is 17.5. The Morgan fingerprint density at radius 1 is 1.15 bits per heavy atom. The van der Waals surface area contributed by atoms with E-state index in [4.69, 9.17) is 13.9 Å². The van der Waals surface area contributed by atoms with Gasteiger partial charge in [-0.1, -0.05) is 51.1 Å². The molecular weight excluding hydrogens is 360 g/mol. The summed E-state index contributed by atoms with van der Waals surface area (Å²) in [5.41, 5.74) is 1.10. The highest BCUT2D eigenvalue weighted by molar-refractivity contribution is 6.74. The van der Waals surface area contributed by atoms with Crippen LogP contribution in [-0.2, 0) is 20.5 Å². The lowest BCUT2D eigenvalue weighted by Gasteiger charge is -2.39. The van der Waals surface area contributed by atoms with E-state index in [0.29, 0.717) is 32.7 Å². The van der Waals surface area contributed by atoms with Gasteiger partial charge in [-0.2, -0.15) is 0 Å². The molecule has 1 fully saturated rings. The molecule has 0 saturated carbocycles. The molecule has 1 aliphatic rings. The summed E-state index contributed by atoms with van der Waals surface area (Å²) in [6.07, 6.45) is -1.02. The number of aliphatic hydroxyl groups is 2. The Labute approximate surface area is 164 Å². The van der Waals surface area contributed by atoms with Gasteiger partial charge in [0.2, 0.25) is 0 Å². The molecule has 1 heterocycles. The molecule has 0 aromatic heterocycles. The highest BCUT2D eigenvalue weighted by Gasteiger charge is 2.44. The zero-order valence-electron chi connectivity index (χ0n) is 17.4. The van der Waals surface area contributed by atoms with E-state index in [2.05, 4.69) is 33.9 Å². The summed E-state index contributed by atoms with van der Waals surface area (Å²) in [5.74, 6) is 0. The van der Waals surface area contributed by atoms with Gasteiger partial charge in [-0.25, -0.2) is 0 Å². The minimum absolute atomic E-state index is 0.0373. The Kier molecular flexibility index (Phi) is 8.03. The van der Waals surface area contributed by atoms with Gasteiger partial charge in [-0.05, 0) is 30.1 Å². The fourth-order valence-electron chi connectivity index (χ4n) is 2.66. The van der Waals surface area contributed by atoms with Crippen LogP contribution in [0.1, 0.15) is 39.2 Å². The van der Waals surface area contributed by atoms with E-state index in [9.17, 15) is 10.2 Å². The van der Waals surface area contributed by atoms with Crippen molar-refractivity contribution in [1.82, 2.24) is 0 Å². The Bertz CT molecular complexity index is 553. The predicted molar refractivity (Wildman–Crippen MR) is 109 cm³/mol. The van der Waals surface area contributed by atoms with Crippen LogP contribution in [0.25, 0.3) is 0 Å². The number of ether oxygens (including phenoxy) is 2. The third kappa shape index (κ3) is 7.29. The lowest BCUT2D eigenvalue weighted by Crippen LogP contribution is -2.47. The number of aliphatic hydroxyl groups excluding tert-OH is 2. The van der Waals surface area contributed by atoms with Crippen molar-refractivity contribution in [2.45, 2.75) is 82.8 Å². The van der Waals surface area contributed by atoms with Crippen molar-refractivity contribution in [2.24, 2.45) is 0 Å². The smallest absolute Gasteiger partial charge is 0.192 e. The van der Waals surface area contributed by atoms with Gasteiger partial charge in [-0.15, -0.1) is 0 Å². The molecule has 0 radical (unpaired) electrons. The Morgan fingerprint density at radius 2 is 1.78 bits per heavy atom. The lowest BCUT2D eigenvalue weighted by atomic mass is 10.0. The molecular formula is C21H36O5Si. The maximum Gasteiger partial charge on any atom is 0.192 e. The molecule has 5 nitrogen and oxygen atoms in total. The Hall–Kier alpha value is -0.763. The van der Waals surface area contributed by atoms with Crippen molar-refractivity contribution < 1.29 is 24.1 Å². The summed E-state index contributed by atoms with van der Waals surface area (Å²) in [6, 6.07) is 9.92. The summed E-state index contributed by atoms with van der Waals surface area (Å²) in [4.78, 5) is 0. The topological polar surface area (TPSA) is 71.5 Å². The maximum atomic E-state index is 10.5. The SMILES string of the molecule is CC(C)(C)[Si](C)(C)O[C@@H](C[C@H](O)[C@@H](O)CCOCc1ccccc1)[C@@H]1CO1. The average molecular weight is 397 g/mol. The van der Waals surface area contributed by atoms with Crippen LogP contribution in [0.5, 0.6) is 0 Å². The second kappa shape index (κ2) is 9.63. The van der Waals surface area contributed by atoms with Crippen LogP contribution in [-0.4, -0.2) is 56.2 Å². The molecule has 0 amide bonds. The zero-order valence-corrected chi connectivity index (χ0v) is 18.4. The van der Waals surface area contributed by atoms with Gasteiger partial charge in [0.05, 0.1) is 31.5 Å². The van der Waals surface area contributed by atoms with E-state index in [1.54, 1.807) is 0 Å². The van der Waals surface area contributed by atoms with Crippen molar-refractivity contribution in [1.29, 1.82) is 0 Å². The van der Waals surface area contributed by atoms with Crippen LogP contribution in [0.15, 0.2) is 30.3 Å². The van der Waals surface area contributed by atoms with Crippen LogP contribution in [0, 0.1) is 0 Å². The predicted octanol–water partition coefficient (Wildman–Crippen LogP) is 3.49. The minimum Gasteiger partial charge on any atom is -0.411 e. The molecule has 2 N–H and O–H groups in total. The first-order valence-corrected chi connectivity index (χ1v) is 12.8. The second-order valence-corrected chi connectivity index (χ2v) is 13.7. The number of epoxide rings is 1. The molecule has 0 unspecified atom stereocenters. The quantitative estimate of drug-likeness (QED) is 0.340. The van der Waals surface area contributed by atoms with Crippen LogP contribution < -0.4 is 0 Å². The summed E-state index contributed by atoms with van der Waals surface area (Å²) in [6.45, 7) is 12.6. The molecule has 1 saturated heterocycles. The first-order chi connectivity index (χ1) is 12.6. The van der Waals surface area contributed by atoms with Crippen molar-refractivity contribution in [3.05, 3.63) is 35.9 Å². The van der Waals surface area contributed by atoms with Crippen molar-refractivity contribution in [2.75, 3.05) is 13.2 Å². The van der Waals surface area contributed by atoms with E-state index in [1.165, 1.54) is 0 Å². The third-order valence-corrected chi connectivity index (χ3v) is 10.1. The van der Waals surface area contributed by atoms with Crippen molar-refractivity contribution >= 4 is 8.32 Å². The molecule has 1 aromatic rings. The molecule has 0 bridgehead atoms. The van der Waals surface area contributed by atoms with Crippen LogP contribution in [0.4, 0.5) is 0 Å². The van der Waals surface area contributed by atoms with Crippen LogP contribution in [0.3, 0.4) is 0 Å². The summed E-state index contributed by atoms with van der Waals surface area (Å²) in [7, 11) is -1.96. The molecule has 6 heteroatoms. The Balaban J connectivity index is 1.76. The van der Waals surface area contributed by atoms with Crippen molar-refractivity contribution in [3.8, 4) is 0 Å². The fourth-order valence-corrected chi connectivity index (χ4v) is 4.02. The monoisotopic (exact) mass is 396 g/mol. The van der Waals surface area contributed by atoms with Crippen LogP contribution in [0.2, 0.25) is 18.1 Å². The molecule has 1 aromatic carbocycles. The van der Waals surface area contributed by atoms with Gasteiger partial charge in [0.25, 0.3) is 0 Å².